The van der Waals surface area contributed by atoms with Gasteiger partial charge in [-0.25, -0.2) is 0 Å². The van der Waals surface area contributed by atoms with Gasteiger partial charge in [0.05, 0.1) is 39.4 Å². The van der Waals surface area contributed by atoms with Crippen LogP contribution < -0.4 is 5.32 Å². The monoisotopic (exact) mass is 412 g/mol. The van der Waals surface area contributed by atoms with Gasteiger partial charge in [0, 0.05) is 37.3 Å². The Kier molecular flexibility index (Phi) is 6.44. The fourth-order valence-electron chi connectivity index (χ4n) is 3.93. The van der Waals surface area contributed by atoms with Gasteiger partial charge in [-0.2, -0.15) is 5.10 Å². The zero-order chi connectivity index (χ0) is 20.9. The van der Waals surface area contributed by atoms with E-state index in [1.165, 1.54) is 0 Å². The third-order valence-corrected chi connectivity index (χ3v) is 5.65. The molecule has 2 aromatic rings. The van der Waals surface area contributed by atoms with E-state index in [9.17, 15) is 9.59 Å². The van der Waals surface area contributed by atoms with Crippen LogP contribution in [-0.4, -0.2) is 65.9 Å². The van der Waals surface area contributed by atoms with Crippen LogP contribution in [0.4, 0.5) is 0 Å². The number of carbonyl (C=O) groups excluding carboxylic acids is 2. The second-order valence-corrected chi connectivity index (χ2v) is 7.66. The minimum atomic E-state index is -0.0672. The molecule has 0 aliphatic carbocycles. The summed E-state index contributed by atoms with van der Waals surface area (Å²) >= 11 is 0. The molecule has 1 fully saturated rings. The summed E-state index contributed by atoms with van der Waals surface area (Å²) in [5.41, 5.74) is 4.52. The maximum Gasteiger partial charge on any atom is 0.274 e. The number of hydrogen-bond donors (Lipinski definition) is 1. The van der Waals surface area contributed by atoms with E-state index in [4.69, 9.17) is 9.47 Å². The Morgan fingerprint density at radius 1 is 1.13 bits per heavy atom. The summed E-state index contributed by atoms with van der Waals surface area (Å²) in [4.78, 5) is 27.1. The van der Waals surface area contributed by atoms with E-state index in [1.54, 1.807) is 4.90 Å². The normalized spacial score (nSPS) is 16.2. The molecule has 2 amide bonds. The lowest BCUT2D eigenvalue weighted by Crippen LogP contribution is -2.41. The third-order valence-electron chi connectivity index (χ3n) is 5.65. The number of benzene rings is 1. The van der Waals surface area contributed by atoms with Crippen LogP contribution in [-0.2, 0) is 40.3 Å². The fourth-order valence-corrected chi connectivity index (χ4v) is 3.93. The zero-order valence-corrected chi connectivity index (χ0v) is 17.4. The first-order chi connectivity index (χ1) is 14.6. The highest BCUT2D eigenvalue weighted by Crippen LogP contribution is 2.22. The van der Waals surface area contributed by atoms with Crippen molar-refractivity contribution in [1.29, 1.82) is 0 Å². The number of aromatic nitrogens is 2. The number of ether oxygens (including phenoxy) is 2. The summed E-state index contributed by atoms with van der Waals surface area (Å²) in [6.45, 7) is 6.28. The van der Waals surface area contributed by atoms with Gasteiger partial charge in [0.25, 0.3) is 5.91 Å². The molecule has 8 heteroatoms. The van der Waals surface area contributed by atoms with Crippen molar-refractivity contribution in [2.45, 2.75) is 32.9 Å². The molecule has 3 heterocycles. The molecule has 4 rings (SSSR count). The lowest BCUT2D eigenvalue weighted by atomic mass is 10.1. The molecule has 2 aliphatic heterocycles. The highest BCUT2D eigenvalue weighted by atomic mass is 16.5. The lowest BCUT2D eigenvalue weighted by Gasteiger charge is -2.26. The Balaban J connectivity index is 1.40. The number of rotatable bonds is 6. The Morgan fingerprint density at radius 3 is 2.73 bits per heavy atom. The van der Waals surface area contributed by atoms with Crippen molar-refractivity contribution in [3.8, 4) is 0 Å². The standard InChI is InChI=1S/C22H28N4O4/c1-16-4-2-3-5-17(16)14-20(27)23-7-8-26-19-6-11-30-15-18(19)21(24-26)22(28)25-9-12-29-13-10-25/h2-5H,6-15H2,1H3,(H,23,27). The summed E-state index contributed by atoms with van der Waals surface area (Å²) < 4.78 is 12.8. The molecule has 30 heavy (non-hydrogen) atoms. The SMILES string of the molecule is Cc1ccccc1CC(=O)NCCn1nc(C(=O)N2CCOCC2)c2c1CCOC2. The van der Waals surface area contributed by atoms with Crippen LogP contribution in [0.15, 0.2) is 24.3 Å². The molecule has 0 atom stereocenters. The van der Waals surface area contributed by atoms with Crippen LogP contribution in [0.2, 0.25) is 0 Å². The van der Waals surface area contributed by atoms with Crippen molar-refractivity contribution in [2.75, 3.05) is 39.5 Å². The quantitative estimate of drug-likeness (QED) is 0.768. The predicted octanol–water partition coefficient (Wildman–Crippen LogP) is 1.10. The van der Waals surface area contributed by atoms with Crippen molar-refractivity contribution in [2.24, 2.45) is 0 Å². The van der Waals surface area contributed by atoms with Crippen LogP contribution in [0.25, 0.3) is 0 Å². The second-order valence-electron chi connectivity index (χ2n) is 7.66. The third kappa shape index (κ3) is 4.55. The number of amides is 2. The summed E-state index contributed by atoms with van der Waals surface area (Å²) in [7, 11) is 0. The Hall–Kier alpha value is -2.71. The lowest BCUT2D eigenvalue weighted by molar-refractivity contribution is -0.120. The first kappa shape index (κ1) is 20.6. The summed E-state index contributed by atoms with van der Waals surface area (Å²) in [6, 6.07) is 7.90. The second kappa shape index (κ2) is 9.40. The van der Waals surface area contributed by atoms with Crippen molar-refractivity contribution < 1.29 is 19.1 Å². The molecule has 0 unspecified atom stereocenters. The molecule has 0 radical (unpaired) electrons. The number of nitrogens with one attached hydrogen (secondary N) is 1. The molecule has 1 saturated heterocycles. The van der Waals surface area contributed by atoms with E-state index in [0.29, 0.717) is 64.7 Å². The predicted molar refractivity (Wildman–Crippen MR) is 110 cm³/mol. The van der Waals surface area contributed by atoms with Gasteiger partial charge in [0.15, 0.2) is 5.69 Å². The summed E-state index contributed by atoms with van der Waals surface area (Å²) in [5, 5.41) is 7.59. The topological polar surface area (TPSA) is 85.7 Å². The van der Waals surface area contributed by atoms with Gasteiger partial charge in [-0.3, -0.25) is 14.3 Å². The molecule has 0 spiro atoms. The molecule has 1 aromatic heterocycles. The Bertz CT molecular complexity index is 918. The zero-order valence-electron chi connectivity index (χ0n) is 17.4. The highest BCUT2D eigenvalue weighted by molar-refractivity contribution is 5.94. The molecule has 2 aliphatic rings. The van der Waals surface area contributed by atoms with E-state index >= 15 is 0 Å². The number of aryl methyl sites for hydroxylation is 1. The molecule has 8 nitrogen and oxygen atoms in total. The molecular weight excluding hydrogens is 384 g/mol. The van der Waals surface area contributed by atoms with E-state index in [0.717, 1.165) is 28.8 Å². The van der Waals surface area contributed by atoms with Gasteiger partial charge < -0.3 is 19.7 Å². The molecule has 0 bridgehead atoms. The molecule has 160 valence electrons. The van der Waals surface area contributed by atoms with Crippen LogP contribution in [0.1, 0.15) is 32.9 Å². The minimum Gasteiger partial charge on any atom is -0.378 e. The van der Waals surface area contributed by atoms with Gasteiger partial charge >= 0.3 is 0 Å². The fraction of sp³-hybridized carbons (Fsp3) is 0.500. The van der Waals surface area contributed by atoms with Crippen LogP contribution in [0, 0.1) is 6.92 Å². The van der Waals surface area contributed by atoms with Crippen molar-refractivity contribution in [3.63, 3.8) is 0 Å². The van der Waals surface area contributed by atoms with Gasteiger partial charge in [-0.15, -0.1) is 0 Å². The summed E-state index contributed by atoms with van der Waals surface area (Å²) in [6.07, 6.45) is 1.08. The number of morpholine rings is 1. The van der Waals surface area contributed by atoms with Gasteiger partial charge in [0.1, 0.15) is 0 Å². The van der Waals surface area contributed by atoms with Crippen LogP contribution in [0.3, 0.4) is 0 Å². The first-order valence-electron chi connectivity index (χ1n) is 10.5. The average Bonchev–Trinajstić information content (AvgIpc) is 3.14. The van der Waals surface area contributed by atoms with Crippen LogP contribution in [0.5, 0.6) is 0 Å². The van der Waals surface area contributed by atoms with E-state index in [1.807, 2.05) is 35.9 Å². The first-order valence-corrected chi connectivity index (χ1v) is 10.5. The van der Waals surface area contributed by atoms with E-state index in [-0.39, 0.29) is 11.8 Å². The number of fused-ring (bicyclic) bond motifs is 1. The van der Waals surface area contributed by atoms with Crippen molar-refractivity contribution in [3.05, 3.63) is 52.3 Å². The number of hydrogen-bond acceptors (Lipinski definition) is 5. The Labute approximate surface area is 176 Å². The molecule has 1 aromatic carbocycles. The number of carbonyl (C=O) groups is 2. The average molecular weight is 412 g/mol. The van der Waals surface area contributed by atoms with Crippen molar-refractivity contribution >= 4 is 11.8 Å². The molecular formula is C22H28N4O4. The summed E-state index contributed by atoms with van der Waals surface area (Å²) in [5.74, 6) is -0.0827. The van der Waals surface area contributed by atoms with Crippen LogP contribution >= 0.6 is 0 Å². The Morgan fingerprint density at radius 2 is 1.93 bits per heavy atom. The molecule has 1 N–H and O–H groups in total. The van der Waals surface area contributed by atoms with E-state index < -0.39 is 0 Å². The maximum atomic E-state index is 13.0. The van der Waals surface area contributed by atoms with E-state index in [2.05, 4.69) is 10.4 Å². The smallest absolute Gasteiger partial charge is 0.274 e. The minimum absolute atomic E-state index is 0.0155. The number of nitrogens with zero attached hydrogens (tertiary/aromatic N) is 3. The van der Waals surface area contributed by atoms with Gasteiger partial charge in [-0.1, -0.05) is 24.3 Å². The van der Waals surface area contributed by atoms with Gasteiger partial charge in [-0.05, 0) is 18.1 Å². The maximum absolute atomic E-state index is 13.0. The van der Waals surface area contributed by atoms with Crippen molar-refractivity contribution in [1.82, 2.24) is 20.0 Å². The largest absolute Gasteiger partial charge is 0.378 e. The highest BCUT2D eigenvalue weighted by Gasteiger charge is 2.29. The molecule has 0 saturated carbocycles. The van der Waals surface area contributed by atoms with Gasteiger partial charge in [0.2, 0.25) is 5.91 Å².